The molecule has 3 aromatic carbocycles. The quantitative estimate of drug-likeness (QED) is 0.169. The van der Waals surface area contributed by atoms with E-state index < -0.39 is 17.8 Å². The van der Waals surface area contributed by atoms with Crippen LogP contribution in [-0.2, 0) is 9.59 Å². The topological polar surface area (TPSA) is 96.9 Å². The summed E-state index contributed by atoms with van der Waals surface area (Å²) < 4.78 is 6.14. The molecule has 0 radical (unpaired) electrons. The van der Waals surface area contributed by atoms with Crippen LogP contribution in [0.5, 0.6) is 5.75 Å². The van der Waals surface area contributed by atoms with Crippen LogP contribution in [0.3, 0.4) is 0 Å². The first-order valence-electron chi connectivity index (χ1n) is 9.31. The highest BCUT2D eigenvalue weighted by Crippen LogP contribution is 2.23. The molecule has 2 N–H and O–H groups in total. The first kappa shape index (κ1) is 23.2. The van der Waals surface area contributed by atoms with Crippen LogP contribution >= 0.6 is 27.5 Å². The van der Waals surface area contributed by atoms with Crippen molar-refractivity contribution in [2.24, 2.45) is 5.10 Å². The first-order valence-corrected chi connectivity index (χ1v) is 10.5. The average Bonchev–Trinajstić information content (AvgIpc) is 2.78. The lowest BCUT2D eigenvalue weighted by Gasteiger charge is -2.08. The van der Waals surface area contributed by atoms with Gasteiger partial charge in [0.05, 0.1) is 11.8 Å². The van der Waals surface area contributed by atoms with Gasteiger partial charge >= 0.3 is 17.8 Å². The summed E-state index contributed by atoms with van der Waals surface area (Å²) in [6, 6.07) is 18.3. The second kappa shape index (κ2) is 10.7. The molecular weight excluding hydrogens is 498 g/mol. The lowest BCUT2D eigenvalue weighted by molar-refractivity contribution is -0.136. The summed E-state index contributed by atoms with van der Waals surface area (Å²) in [5, 5.41) is 6.70. The van der Waals surface area contributed by atoms with Gasteiger partial charge in [-0.1, -0.05) is 51.8 Å². The van der Waals surface area contributed by atoms with Crippen LogP contribution in [0.2, 0.25) is 5.02 Å². The summed E-state index contributed by atoms with van der Waals surface area (Å²) in [4.78, 5) is 36.4. The number of halogens is 2. The number of carbonyl (C=O) groups is 3. The second-order valence-electron chi connectivity index (χ2n) is 6.55. The number of nitrogens with one attached hydrogen (secondary N) is 2. The van der Waals surface area contributed by atoms with Gasteiger partial charge in [-0.15, -0.1) is 0 Å². The number of rotatable bonds is 5. The van der Waals surface area contributed by atoms with Gasteiger partial charge in [-0.2, -0.15) is 5.10 Å². The van der Waals surface area contributed by atoms with E-state index in [0.717, 1.165) is 5.56 Å². The maximum Gasteiger partial charge on any atom is 0.343 e. The molecule has 0 atom stereocenters. The molecule has 0 fully saturated rings. The highest BCUT2D eigenvalue weighted by atomic mass is 79.9. The fourth-order valence-corrected chi connectivity index (χ4v) is 3.08. The van der Waals surface area contributed by atoms with Gasteiger partial charge in [-0.25, -0.2) is 10.2 Å². The highest BCUT2D eigenvalue weighted by molar-refractivity contribution is 9.10. The Hall–Kier alpha value is -3.49. The average molecular weight is 515 g/mol. The zero-order chi connectivity index (χ0) is 23.1. The second-order valence-corrected chi connectivity index (χ2v) is 7.88. The Kier molecular flexibility index (Phi) is 7.75. The number of amides is 2. The van der Waals surface area contributed by atoms with Crippen molar-refractivity contribution in [1.82, 2.24) is 5.43 Å². The van der Waals surface area contributed by atoms with E-state index in [2.05, 4.69) is 31.8 Å². The molecule has 0 aliphatic rings. The van der Waals surface area contributed by atoms with Crippen molar-refractivity contribution in [3.8, 4) is 5.75 Å². The molecule has 0 saturated carbocycles. The molecule has 0 bridgehead atoms. The van der Waals surface area contributed by atoms with Crippen molar-refractivity contribution in [2.45, 2.75) is 6.92 Å². The summed E-state index contributed by atoms with van der Waals surface area (Å²) in [6.45, 7) is 1.82. The molecule has 3 rings (SSSR count). The molecule has 9 heteroatoms. The maximum atomic E-state index is 12.3. The number of esters is 1. The Balaban J connectivity index is 1.65. The monoisotopic (exact) mass is 513 g/mol. The molecule has 162 valence electrons. The van der Waals surface area contributed by atoms with Gasteiger partial charge in [0.2, 0.25) is 0 Å². The van der Waals surface area contributed by atoms with E-state index in [-0.39, 0.29) is 5.75 Å². The largest absolute Gasteiger partial charge is 0.422 e. The molecular formula is C23H17BrClN3O4. The van der Waals surface area contributed by atoms with Crippen molar-refractivity contribution < 1.29 is 19.1 Å². The van der Waals surface area contributed by atoms with Crippen molar-refractivity contribution in [2.75, 3.05) is 5.32 Å². The van der Waals surface area contributed by atoms with Gasteiger partial charge < -0.3 is 10.1 Å². The van der Waals surface area contributed by atoms with E-state index in [1.165, 1.54) is 6.21 Å². The molecule has 0 unspecified atom stereocenters. The Labute approximate surface area is 197 Å². The number of benzene rings is 3. The summed E-state index contributed by atoms with van der Waals surface area (Å²) in [5.41, 5.74) is 4.16. The lowest BCUT2D eigenvalue weighted by Crippen LogP contribution is -2.32. The fraction of sp³-hybridized carbons (Fsp3) is 0.0435. The van der Waals surface area contributed by atoms with E-state index in [1.54, 1.807) is 66.7 Å². The molecule has 0 aliphatic carbocycles. The van der Waals surface area contributed by atoms with E-state index in [1.807, 2.05) is 6.92 Å². The van der Waals surface area contributed by atoms with Gasteiger partial charge in [-0.3, -0.25) is 9.59 Å². The summed E-state index contributed by atoms with van der Waals surface area (Å²) in [6.07, 6.45) is 1.27. The predicted molar refractivity (Wildman–Crippen MR) is 126 cm³/mol. The fourth-order valence-electron chi connectivity index (χ4n) is 2.52. The SMILES string of the molecule is Cc1ccc(NC(=O)C(=O)NN=Cc2cc(Br)ccc2OC(=O)c2ccccc2)cc1Cl. The number of ether oxygens (including phenoxy) is 1. The Morgan fingerprint density at radius 3 is 2.47 bits per heavy atom. The van der Waals surface area contributed by atoms with E-state index >= 15 is 0 Å². The molecule has 0 spiro atoms. The van der Waals surface area contributed by atoms with Crippen LogP contribution in [-0.4, -0.2) is 24.0 Å². The van der Waals surface area contributed by atoms with Gasteiger partial charge in [0.1, 0.15) is 5.75 Å². The van der Waals surface area contributed by atoms with Crippen LogP contribution in [0.15, 0.2) is 76.3 Å². The summed E-state index contributed by atoms with van der Waals surface area (Å²) in [5.74, 6) is -2.19. The van der Waals surface area contributed by atoms with Crippen LogP contribution in [0.4, 0.5) is 5.69 Å². The third kappa shape index (κ3) is 6.26. The Bertz CT molecular complexity index is 1200. The van der Waals surface area contributed by atoms with Gasteiger partial charge in [0.25, 0.3) is 0 Å². The number of nitrogens with zero attached hydrogens (tertiary/aromatic N) is 1. The van der Waals surface area contributed by atoms with Crippen LogP contribution in [0.1, 0.15) is 21.5 Å². The predicted octanol–water partition coefficient (Wildman–Crippen LogP) is 4.72. The summed E-state index contributed by atoms with van der Waals surface area (Å²) >= 11 is 9.35. The zero-order valence-corrected chi connectivity index (χ0v) is 19.1. The van der Waals surface area contributed by atoms with E-state index in [4.69, 9.17) is 16.3 Å². The van der Waals surface area contributed by atoms with Crippen LogP contribution < -0.4 is 15.5 Å². The molecule has 7 nitrogen and oxygen atoms in total. The van der Waals surface area contributed by atoms with Crippen molar-refractivity contribution in [3.05, 3.63) is 92.9 Å². The minimum atomic E-state index is -0.976. The normalized spacial score (nSPS) is 10.6. The van der Waals surface area contributed by atoms with Crippen LogP contribution in [0.25, 0.3) is 0 Å². The Morgan fingerprint density at radius 2 is 1.75 bits per heavy atom. The Morgan fingerprint density at radius 1 is 1.00 bits per heavy atom. The number of hydrogen-bond acceptors (Lipinski definition) is 5. The van der Waals surface area contributed by atoms with E-state index in [0.29, 0.717) is 26.3 Å². The van der Waals surface area contributed by atoms with Gasteiger partial charge in [0.15, 0.2) is 0 Å². The van der Waals surface area contributed by atoms with Gasteiger partial charge in [-0.05, 0) is 55.0 Å². The number of anilines is 1. The van der Waals surface area contributed by atoms with E-state index in [9.17, 15) is 14.4 Å². The number of hydrazone groups is 1. The molecule has 0 saturated heterocycles. The minimum Gasteiger partial charge on any atom is -0.422 e. The van der Waals surface area contributed by atoms with Crippen molar-refractivity contribution >= 4 is 57.2 Å². The molecule has 32 heavy (non-hydrogen) atoms. The smallest absolute Gasteiger partial charge is 0.343 e. The third-order valence-corrected chi connectivity index (χ3v) is 5.09. The maximum absolute atomic E-state index is 12.3. The zero-order valence-electron chi connectivity index (χ0n) is 16.8. The lowest BCUT2D eigenvalue weighted by atomic mass is 10.2. The highest BCUT2D eigenvalue weighted by Gasteiger charge is 2.14. The molecule has 0 aliphatic heterocycles. The number of carbonyl (C=O) groups excluding carboxylic acids is 3. The van der Waals surface area contributed by atoms with Gasteiger partial charge in [0, 0.05) is 20.7 Å². The first-order chi connectivity index (χ1) is 15.3. The molecule has 0 aromatic heterocycles. The van der Waals surface area contributed by atoms with Crippen molar-refractivity contribution in [1.29, 1.82) is 0 Å². The number of hydrogen-bond donors (Lipinski definition) is 2. The van der Waals surface area contributed by atoms with Crippen LogP contribution in [0, 0.1) is 6.92 Å². The summed E-state index contributed by atoms with van der Waals surface area (Å²) in [7, 11) is 0. The molecule has 3 aromatic rings. The van der Waals surface area contributed by atoms with Crippen molar-refractivity contribution in [3.63, 3.8) is 0 Å². The molecule has 2 amide bonds. The standard InChI is InChI=1S/C23H17BrClN3O4/c1-14-7-9-18(12-19(14)25)27-21(29)22(30)28-26-13-16-11-17(24)8-10-20(16)32-23(31)15-5-3-2-4-6-15/h2-13H,1H3,(H,27,29)(H,28,30). The number of aryl methyl sites for hydroxylation is 1. The minimum absolute atomic E-state index is 0.235. The molecule has 0 heterocycles. The third-order valence-electron chi connectivity index (χ3n) is 4.19.